The number of thioether (sulfide) groups is 1. The van der Waals surface area contributed by atoms with E-state index >= 15 is 0 Å². The first-order valence-corrected chi connectivity index (χ1v) is 11.1. The van der Waals surface area contributed by atoms with E-state index in [0.29, 0.717) is 18.1 Å². The van der Waals surface area contributed by atoms with Crippen molar-refractivity contribution in [3.63, 3.8) is 0 Å². The molecule has 2 N–H and O–H groups in total. The van der Waals surface area contributed by atoms with Gasteiger partial charge in [-0.1, -0.05) is 30.3 Å². The van der Waals surface area contributed by atoms with E-state index in [1.165, 1.54) is 5.56 Å². The molecular weight excluding hydrogens is 382 g/mol. The Bertz CT molecular complexity index is 882. The fourth-order valence-electron chi connectivity index (χ4n) is 4.07. The second kappa shape index (κ2) is 8.00. The number of nitrogens with one attached hydrogen (secondary N) is 1. The van der Waals surface area contributed by atoms with Crippen molar-refractivity contribution in [2.24, 2.45) is 0 Å². The third-order valence-electron chi connectivity index (χ3n) is 6.14. The molecule has 0 amide bonds. The van der Waals surface area contributed by atoms with Crippen LogP contribution in [-0.4, -0.2) is 58.1 Å². The molecule has 1 saturated carbocycles. The Balaban J connectivity index is 1.49. The molecule has 2 aliphatic rings. The summed E-state index contributed by atoms with van der Waals surface area (Å²) in [5.41, 5.74) is 3.49. The molecule has 6 heteroatoms. The Morgan fingerprint density at radius 2 is 1.97 bits per heavy atom. The maximum atomic E-state index is 9.71. The molecule has 1 atom stereocenters. The number of aliphatic hydroxyl groups is 1. The highest BCUT2D eigenvalue weighted by molar-refractivity contribution is 8.00. The van der Waals surface area contributed by atoms with Crippen LogP contribution in [0.25, 0.3) is 11.3 Å². The lowest BCUT2D eigenvalue weighted by Crippen LogP contribution is -2.39. The number of pyridine rings is 1. The molecular formula is C23H29N3O2S. The molecule has 29 heavy (non-hydrogen) atoms. The molecule has 1 unspecified atom stereocenters. The summed E-state index contributed by atoms with van der Waals surface area (Å²) in [6, 6.07) is 14.5. The maximum absolute atomic E-state index is 9.71. The summed E-state index contributed by atoms with van der Waals surface area (Å²) in [6.07, 6.45) is 2.96. The van der Waals surface area contributed by atoms with Crippen molar-refractivity contribution in [3.8, 4) is 17.1 Å². The lowest BCUT2D eigenvalue weighted by molar-refractivity contribution is 0.257. The normalized spacial score (nSPS) is 23.6. The van der Waals surface area contributed by atoms with Gasteiger partial charge in [0.15, 0.2) is 0 Å². The molecule has 154 valence electrons. The van der Waals surface area contributed by atoms with Gasteiger partial charge in [0.05, 0.1) is 25.2 Å². The Morgan fingerprint density at radius 3 is 2.62 bits per heavy atom. The van der Waals surface area contributed by atoms with Crippen molar-refractivity contribution >= 4 is 17.6 Å². The van der Waals surface area contributed by atoms with Gasteiger partial charge in [-0.05, 0) is 31.4 Å². The zero-order valence-corrected chi connectivity index (χ0v) is 18.0. The zero-order valence-electron chi connectivity index (χ0n) is 17.1. The van der Waals surface area contributed by atoms with E-state index in [9.17, 15) is 5.11 Å². The van der Waals surface area contributed by atoms with Crippen LogP contribution < -0.4 is 4.74 Å². The lowest BCUT2D eigenvalue weighted by atomic mass is 9.93. The Labute approximate surface area is 177 Å². The highest BCUT2D eigenvalue weighted by atomic mass is 32.2. The quantitative estimate of drug-likeness (QED) is 0.753. The molecule has 0 radical (unpaired) electrons. The van der Waals surface area contributed by atoms with Gasteiger partial charge in [0.25, 0.3) is 0 Å². The van der Waals surface area contributed by atoms with Gasteiger partial charge in [-0.15, -0.1) is 0 Å². The summed E-state index contributed by atoms with van der Waals surface area (Å²) >= 11 is 1.79. The van der Waals surface area contributed by atoms with Crippen molar-refractivity contribution in [2.75, 3.05) is 32.6 Å². The van der Waals surface area contributed by atoms with E-state index < -0.39 is 0 Å². The van der Waals surface area contributed by atoms with Crippen LogP contribution in [0.3, 0.4) is 0 Å². The minimum absolute atomic E-state index is 0.124. The number of hydrogen-bond acceptors (Lipinski definition) is 5. The van der Waals surface area contributed by atoms with Crippen LogP contribution in [-0.2, 0) is 5.41 Å². The number of hydrogen-bond donors (Lipinski definition) is 2. The minimum Gasteiger partial charge on any atom is -0.481 e. The fraction of sp³-hybridized carbons (Fsp3) is 0.478. The number of methoxy groups -OCH3 is 1. The minimum atomic E-state index is -0.228. The Morgan fingerprint density at radius 1 is 1.21 bits per heavy atom. The van der Waals surface area contributed by atoms with Crippen LogP contribution in [0.1, 0.15) is 31.7 Å². The van der Waals surface area contributed by atoms with E-state index in [1.807, 2.05) is 18.2 Å². The first-order valence-electron chi connectivity index (χ1n) is 10.2. The number of aromatic nitrogens is 1. The SMILES string of the molecule is COc1cccc(-c2ccc(C3(CN4CCSC(C)(CO)CC4=N)CC3)cc2)n1. The van der Waals surface area contributed by atoms with Gasteiger partial charge < -0.3 is 14.7 Å². The topological polar surface area (TPSA) is 69.4 Å². The van der Waals surface area contributed by atoms with Crippen LogP contribution in [0, 0.1) is 5.41 Å². The van der Waals surface area contributed by atoms with Crippen molar-refractivity contribution < 1.29 is 9.84 Å². The van der Waals surface area contributed by atoms with Crippen LogP contribution in [0.15, 0.2) is 42.5 Å². The number of ether oxygens (including phenoxy) is 1. The van der Waals surface area contributed by atoms with Crippen LogP contribution in [0.5, 0.6) is 5.88 Å². The zero-order chi connectivity index (χ0) is 20.5. The van der Waals surface area contributed by atoms with Crippen LogP contribution >= 0.6 is 11.8 Å². The molecule has 0 bridgehead atoms. The first-order chi connectivity index (χ1) is 14.0. The molecule has 1 aromatic carbocycles. The maximum Gasteiger partial charge on any atom is 0.213 e. The Hall–Kier alpha value is -2.05. The predicted octanol–water partition coefficient (Wildman–Crippen LogP) is 3.96. The van der Waals surface area contributed by atoms with Gasteiger partial charge in [-0.25, -0.2) is 4.98 Å². The number of rotatable bonds is 6. The monoisotopic (exact) mass is 411 g/mol. The van der Waals surface area contributed by atoms with E-state index in [2.05, 4.69) is 41.1 Å². The van der Waals surface area contributed by atoms with Gasteiger partial charge in [0.2, 0.25) is 5.88 Å². The molecule has 0 spiro atoms. The summed E-state index contributed by atoms with van der Waals surface area (Å²) in [4.78, 5) is 6.76. The molecule has 1 aliphatic heterocycles. The highest BCUT2D eigenvalue weighted by Gasteiger charge is 2.46. The van der Waals surface area contributed by atoms with Gasteiger partial charge in [-0.3, -0.25) is 5.41 Å². The molecule has 1 aromatic heterocycles. The van der Waals surface area contributed by atoms with Crippen molar-refractivity contribution in [2.45, 2.75) is 36.3 Å². The third kappa shape index (κ3) is 4.28. The molecule has 1 aliphatic carbocycles. The average molecular weight is 412 g/mol. The second-order valence-electron chi connectivity index (χ2n) is 8.42. The van der Waals surface area contributed by atoms with Crippen LogP contribution in [0.4, 0.5) is 0 Å². The Kier molecular flexibility index (Phi) is 5.58. The number of nitrogens with zero attached hydrogens (tertiary/aromatic N) is 2. The van der Waals surface area contributed by atoms with Crippen molar-refractivity contribution in [1.29, 1.82) is 5.41 Å². The smallest absolute Gasteiger partial charge is 0.213 e. The van der Waals surface area contributed by atoms with Gasteiger partial charge in [0.1, 0.15) is 0 Å². The summed E-state index contributed by atoms with van der Waals surface area (Å²) in [5.74, 6) is 2.24. The highest BCUT2D eigenvalue weighted by Crippen LogP contribution is 2.49. The molecule has 1 saturated heterocycles. The first kappa shape index (κ1) is 20.2. The van der Waals surface area contributed by atoms with Crippen molar-refractivity contribution in [1.82, 2.24) is 9.88 Å². The second-order valence-corrected chi connectivity index (χ2v) is 10.1. The lowest BCUT2D eigenvalue weighted by Gasteiger charge is -2.30. The van der Waals surface area contributed by atoms with Crippen LogP contribution in [0.2, 0.25) is 0 Å². The molecule has 4 rings (SSSR count). The number of amidine groups is 1. The van der Waals surface area contributed by atoms with E-state index in [4.69, 9.17) is 10.1 Å². The summed E-state index contributed by atoms with van der Waals surface area (Å²) in [6.45, 7) is 3.96. The standard InChI is InChI=1S/C23H29N3O2S/c1-22(16-27)14-20(24)26(12-13-29-22)15-23(10-11-23)18-8-6-17(7-9-18)19-4-3-5-21(25-19)28-2/h3-9,24,27H,10-16H2,1-2H3. The van der Waals surface area contributed by atoms with E-state index in [1.54, 1.807) is 18.9 Å². The number of benzene rings is 1. The fourth-order valence-corrected chi connectivity index (χ4v) is 5.20. The largest absolute Gasteiger partial charge is 0.481 e. The van der Waals surface area contributed by atoms with Gasteiger partial charge in [-0.2, -0.15) is 11.8 Å². The molecule has 2 fully saturated rings. The molecule has 2 aromatic rings. The van der Waals surface area contributed by atoms with Gasteiger partial charge >= 0.3 is 0 Å². The molecule has 2 heterocycles. The summed E-state index contributed by atoms with van der Waals surface area (Å²) in [7, 11) is 1.63. The van der Waals surface area contributed by atoms with E-state index in [0.717, 1.165) is 42.9 Å². The average Bonchev–Trinajstić information content (AvgIpc) is 3.55. The van der Waals surface area contributed by atoms with E-state index in [-0.39, 0.29) is 16.8 Å². The summed E-state index contributed by atoms with van der Waals surface area (Å²) in [5, 5.41) is 18.3. The third-order valence-corrected chi connectivity index (χ3v) is 7.50. The predicted molar refractivity (Wildman–Crippen MR) is 119 cm³/mol. The van der Waals surface area contributed by atoms with Crippen molar-refractivity contribution in [3.05, 3.63) is 48.0 Å². The number of aliphatic hydroxyl groups excluding tert-OH is 1. The molecule has 5 nitrogen and oxygen atoms in total. The van der Waals surface area contributed by atoms with Gasteiger partial charge in [0, 0.05) is 47.1 Å². The summed E-state index contributed by atoms with van der Waals surface area (Å²) < 4.78 is 5.01.